The Bertz CT molecular complexity index is 418. The summed E-state index contributed by atoms with van der Waals surface area (Å²) in [4.78, 5) is 23.9. The molecular weight excluding hydrogens is 266 g/mol. The van der Waals surface area contributed by atoms with Crippen molar-refractivity contribution >= 4 is 23.3 Å². The van der Waals surface area contributed by atoms with Gasteiger partial charge < -0.3 is 15.2 Å². The molecule has 0 aliphatic carbocycles. The third-order valence-electron chi connectivity index (χ3n) is 2.59. The minimum atomic E-state index is -1.01. The first kappa shape index (κ1) is 15.7. The molecule has 2 N–H and O–H groups in total. The predicted octanol–water partition coefficient (Wildman–Crippen LogP) is 1.81. The molecule has 0 aromatic carbocycles. The highest BCUT2D eigenvalue weighted by Crippen LogP contribution is 2.36. The van der Waals surface area contributed by atoms with E-state index in [2.05, 4.69) is 0 Å². The summed E-state index contributed by atoms with van der Waals surface area (Å²) < 4.78 is 10.4. The van der Waals surface area contributed by atoms with Crippen LogP contribution in [0.1, 0.15) is 31.6 Å². The molecule has 1 rings (SSSR count). The van der Waals surface area contributed by atoms with Gasteiger partial charge in [0.05, 0.1) is 13.0 Å². The average molecular weight is 285 g/mol. The molecule has 0 radical (unpaired) electrons. The smallest absolute Gasteiger partial charge is 0.310 e. The second-order valence-corrected chi connectivity index (χ2v) is 5.03. The van der Waals surface area contributed by atoms with Gasteiger partial charge in [0.15, 0.2) is 5.60 Å². The molecule has 1 atom stereocenters. The topological polar surface area (TPSA) is 78.6 Å². The lowest BCUT2D eigenvalue weighted by atomic mass is 9.93. The predicted molar refractivity (Wildman–Crippen MR) is 72.7 cm³/mol. The first-order chi connectivity index (χ1) is 9.04. The number of rotatable bonds is 7. The van der Waals surface area contributed by atoms with Crippen molar-refractivity contribution in [2.45, 2.75) is 32.3 Å². The Hall–Kier alpha value is -1.40. The number of carbonyl (C=O) groups is 2. The molecule has 0 saturated heterocycles. The Balaban J connectivity index is 3.04. The van der Waals surface area contributed by atoms with Crippen molar-refractivity contribution in [3.63, 3.8) is 0 Å². The van der Waals surface area contributed by atoms with Crippen LogP contribution in [0.3, 0.4) is 0 Å². The summed E-state index contributed by atoms with van der Waals surface area (Å²) in [5, 5.41) is 1.87. The normalized spacial score (nSPS) is 13.6. The highest BCUT2D eigenvalue weighted by molar-refractivity contribution is 7.10. The Morgan fingerprint density at radius 2 is 2.21 bits per heavy atom. The van der Waals surface area contributed by atoms with Gasteiger partial charge in [-0.15, -0.1) is 11.3 Å². The number of nitrogens with two attached hydrogens (primary N) is 1. The van der Waals surface area contributed by atoms with Crippen molar-refractivity contribution < 1.29 is 19.1 Å². The van der Waals surface area contributed by atoms with Crippen molar-refractivity contribution in [1.29, 1.82) is 0 Å². The van der Waals surface area contributed by atoms with E-state index in [4.69, 9.17) is 15.2 Å². The van der Waals surface area contributed by atoms with E-state index in [1.165, 1.54) is 18.3 Å². The lowest BCUT2D eigenvalue weighted by Crippen LogP contribution is -2.36. The van der Waals surface area contributed by atoms with E-state index in [0.29, 0.717) is 19.6 Å². The Kier molecular flexibility index (Phi) is 5.98. The summed E-state index contributed by atoms with van der Waals surface area (Å²) in [6, 6.07) is 3.68. The van der Waals surface area contributed by atoms with Gasteiger partial charge in [-0.2, -0.15) is 0 Å². The van der Waals surface area contributed by atoms with Crippen molar-refractivity contribution in [3.8, 4) is 0 Å². The fourth-order valence-corrected chi connectivity index (χ4v) is 2.82. The van der Waals surface area contributed by atoms with Crippen LogP contribution in [0.2, 0.25) is 0 Å². The first-order valence-electron chi connectivity index (χ1n) is 6.13. The number of hydrogen-bond acceptors (Lipinski definition) is 6. The summed E-state index contributed by atoms with van der Waals surface area (Å²) in [5.74, 6) is -0.836. The largest absolute Gasteiger partial charge is 0.466 e. The maximum Gasteiger partial charge on any atom is 0.310 e. The van der Waals surface area contributed by atoms with E-state index >= 15 is 0 Å². The number of ether oxygens (including phenoxy) is 2. The highest BCUT2D eigenvalue weighted by Gasteiger charge is 2.39. The van der Waals surface area contributed by atoms with Crippen LogP contribution < -0.4 is 5.73 Å². The van der Waals surface area contributed by atoms with Gasteiger partial charge in [0.1, 0.15) is 0 Å². The molecule has 19 heavy (non-hydrogen) atoms. The molecule has 1 unspecified atom stereocenters. The van der Waals surface area contributed by atoms with E-state index in [0.717, 1.165) is 4.88 Å². The van der Waals surface area contributed by atoms with Crippen molar-refractivity contribution in [2.24, 2.45) is 5.73 Å². The fourth-order valence-electron chi connectivity index (χ4n) is 1.93. The standard InChI is InChI=1S/C13H19NO4S/c1-3-17-12(16)9-13(6-7-14,18-10(2)15)11-5-4-8-19-11/h4-5,8H,3,6-7,9,14H2,1-2H3. The van der Waals surface area contributed by atoms with E-state index in [-0.39, 0.29) is 6.42 Å². The Labute approximate surface area is 116 Å². The summed E-state index contributed by atoms with van der Waals surface area (Å²) in [6.45, 7) is 3.66. The Morgan fingerprint density at radius 3 is 2.68 bits per heavy atom. The molecule has 0 aliphatic heterocycles. The minimum absolute atomic E-state index is 0.0157. The zero-order valence-electron chi connectivity index (χ0n) is 11.2. The summed E-state index contributed by atoms with van der Waals surface area (Å²) in [5.41, 5.74) is 4.59. The molecule has 1 aromatic heterocycles. The summed E-state index contributed by atoms with van der Waals surface area (Å²) in [6.07, 6.45) is 0.365. The van der Waals surface area contributed by atoms with E-state index < -0.39 is 17.5 Å². The molecule has 0 fully saturated rings. The lowest BCUT2D eigenvalue weighted by Gasteiger charge is -2.31. The van der Waals surface area contributed by atoms with Crippen LogP contribution in [0, 0.1) is 0 Å². The third-order valence-corrected chi connectivity index (χ3v) is 3.65. The van der Waals surface area contributed by atoms with Crippen molar-refractivity contribution in [3.05, 3.63) is 22.4 Å². The molecule has 0 bridgehead atoms. The maximum atomic E-state index is 11.8. The van der Waals surface area contributed by atoms with Gasteiger partial charge in [0.25, 0.3) is 0 Å². The van der Waals surface area contributed by atoms with E-state index in [1.807, 2.05) is 17.5 Å². The summed E-state index contributed by atoms with van der Waals surface area (Å²) in [7, 11) is 0. The summed E-state index contributed by atoms with van der Waals surface area (Å²) >= 11 is 1.43. The maximum absolute atomic E-state index is 11.8. The minimum Gasteiger partial charge on any atom is -0.466 e. The van der Waals surface area contributed by atoms with Crippen LogP contribution in [0.5, 0.6) is 0 Å². The quantitative estimate of drug-likeness (QED) is 0.773. The number of carbonyl (C=O) groups excluding carboxylic acids is 2. The van der Waals surface area contributed by atoms with Crippen LogP contribution in [0.4, 0.5) is 0 Å². The van der Waals surface area contributed by atoms with Crippen LogP contribution >= 0.6 is 11.3 Å². The van der Waals surface area contributed by atoms with Gasteiger partial charge in [0, 0.05) is 18.2 Å². The molecule has 106 valence electrons. The lowest BCUT2D eigenvalue weighted by molar-refractivity contribution is -0.166. The Morgan fingerprint density at radius 1 is 1.47 bits per heavy atom. The van der Waals surface area contributed by atoms with Crippen molar-refractivity contribution in [1.82, 2.24) is 0 Å². The molecule has 0 saturated carbocycles. The number of thiophene rings is 1. The zero-order chi connectivity index (χ0) is 14.3. The van der Waals surface area contributed by atoms with E-state index in [9.17, 15) is 9.59 Å². The van der Waals surface area contributed by atoms with Crippen LogP contribution in [0.25, 0.3) is 0 Å². The third kappa shape index (κ3) is 4.33. The van der Waals surface area contributed by atoms with Gasteiger partial charge in [-0.25, -0.2) is 0 Å². The highest BCUT2D eigenvalue weighted by atomic mass is 32.1. The monoisotopic (exact) mass is 285 g/mol. The SMILES string of the molecule is CCOC(=O)CC(CCN)(OC(C)=O)c1cccs1. The second kappa shape index (κ2) is 7.25. The fraction of sp³-hybridized carbons (Fsp3) is 0.538. The second-order valence-electron chi connectivity index (χ2n) is 4.09. The molecule has 5 nitrogen and oxygen atoms in total. The zero-order valence-corrected chi connectivity index (χ0v) is 12.0. The van der Waals surface area contributed by atoms with Crippen LogP contribution in [0.15, 0.2) is 17.5 Å². The number of hydrogen-bond donors (Lipinski definition) is 1. The number of esters is 2. The van der Waals surface area contributed by atoms with Gasteiger partial charge >= 0.3 is 11.9 Å². The molecule has 1 aromatic rings. The van der Waals surface area contributed by atoms with Crippen LogP contribution in [-0.2, 0) is 24.7 Å². The molecule has 0 amide bonds. The van der Waals surface area contributed by atoms with Gasteiger partial charge in [-0.3, -0.25) is 9.59 Å². The first-order valence-corrected chi connectivity index (χ1v) is 7.01. The average Bonchev–Trinajstić information content (AvgIpc) is 2.82. The molecule has 0 spiro atoms. The molecule has 1 heterocycles. The van der Waals surface area contributed by atoms with Gasteiger partial charge in [-0.1, -0.05) is 6.07 Å². The molecule has 0 aliphatic rings. The van der Waals surface area contributed by atoms with Crippen LogP contribution in [-0.4, -0.2) is 25.1 Å². The van der Waals surface area contributed by atoms with Gasteiger partial charge in [-0.05, 0) is 24.9 Å². The van der Waals surface area contributed by atoms with E-state index in [1.54, 1.807) is 6.92 Å². The van der Waals surface area contributed by atoms with Gasteiger partial charge in [0.2, 0.25) is 0 Å². The molecular formula is C13H19NO4S. The van der Waals surface area contributed by atoms with Crippen molar-refractivity contribution in [2.75, 3.05) is 13.2 Å². The molecule has 6 heteroatoms.